The van der Waals surface area contributed by atoms with Crippen molar-refractivity contribution in [3.05, 3.63) is 59.2 Å². The summed E-state index contributed by atoms with van der Waals surface area (Å²) in [6, 6.07) is 5.74. The molecule has 0 saturated heterocycles. The molecule has 3 N–H and O–H groups in total. The van der Waals surface area contributed by atoms with E-state index in [-0.39, 0.29) is 36.0 Å². The summed E-state index contributed by atoms with van der Waals surface area (Å²) in [7, 11) is -3.52. The quantitative estimate of drug-likeness (QED) is 0.588. The Kier molecular flexibility index (Phi) is 7.28. The highest BCUT2D eigenvalue weighted by atomic mass is 35.5. The Morgan fingerprint density at radius 3 is 2.00 bits per heavy atom. The molecule has 1 aliphatic heterocycles. The third-order valence-corrected chi connectivity index (χ3v) is 6.59. The van der Waals surface area contributed by atoms with Gasteiger partial charge in [-0.3, -0.25) is 4.79 Å². The zero-order valence-corrected chi connectivity index (χ0v) is 18.9. The van der Waals surface area contributed by atoms with Crippen LogP contribution in [0.3, 0.4) is 0 Å². The van der Waals surface area contributed by atoms with Crippen LogP contribution in [0.4, 0.5) is 32.0 Å². The Hall–Kier alpha value is -2.51. The van der Waals surface area contributed by atoms with E-state index in [4.69, 9.17) is 5.73 Å². The minimum Gasteiger partial charge on any atom is -0.369 e. The Morgan fingerprint density at radius 2 is 1.56 bits per heavy atom. The molecule has 0 aromatic heterocycles. The van der Waals surface area contributed by atoms with Gasteiger partial charge in [0.15, 0.2) is 9.84 Å². The number of sulfone groups is 1. The molecule has 0 aliphatic carbocycles. The van der Waals surface area contributed by atoms with E-state index in [0.717, 1.165) is 18.4 Å². The van der Waals surface area contributed by atoms with E-state index >= 15 is 0 Å². The van der Waals surface area contributed by atoms with Crippen molar-refractivity contribution >= 4 is 33.8 Å². The molecule has 0 fully saturated rings. The van der Waals surface area contributed by atoms with Crippen LogP contribution < -0.4 is 10.6 Å². The van der Waals surface area contributed by atoms with Crippen molar-refractivity contribution < 1.29 is 44.7 Å². The largest absolute Gasteiger partial charge is 0.430 e. The molecule has 0 spiro atoms. The second-order valence-corrected chi connectivity index (χ2v) is 9.65. The molecule has 2 aromatic rings. The lowest BCUT2D eigenvalue weighted by Crippen LogP contribution is -2.53. The maximum Gasteiger partial charge on any atom is 0.430 e. The first-order valence-electron chi connectivity index (χ1n) is 9.33. The molecule has 2 aromatic carbocycles. The first-order valence-corrected chi connectivity index (χ1v) is 11.2. The lowest BCUT2D eigenvalue weighted by Gasteiger charge is -2.38. The fourth-order valence-corrected chi connectivity index (χ4v) is 4.47. The van der Waals surface area contributed by atoms with E-state index < -0.39 is 45.3 Å². The number of primary amides is 1. The average Bonchev–Trinajstić information content (AvgIpc) is 2.69. The van der Waals surface area contributed by atoms with Crippen LogP contribution in [0.5, 0.6) is 0 Å². The molecule has 1 atom stereocenters. The molecule has 1 unspecified atom stereocenters. The Labute approximate surface area is 196 Å². The first kappa shape index (κ1) is 27.7. The third-order valence-electron chi connectivity index (χ3n) is 5.48. The van der Waals surface area contributed by atoms with Gasteiger partial charge in [-0.1, -0.05) is 18.2 Å². The van der Waals surface area contributed by atoms with Crippen LogP contribution in [0.2, 0.25) is 0 Å². The molecule has 0 bridgehead atoms. The predicted octanol–water partition coefficient (Wildman–Crippen LogP) is 3.41. The van der Waals surface area contributed by atoms with Gasteiger partial charge in [0.1, 0.15) is 6.04 Å². The number of fused-ring (bicyclic) bond motifs is 1. The molecule has 3 rings (SSSR count). The van der Waals surface area contributed by atoms with Gasteiger partial charge in [-0.25, -0.2) is 8.42 Å². The van der Waals surface area contributed by atoms with E-state index in [0.29, 0.717) is 23.3 Å². The highest BCUT2D eigenvalue weighted by Crippen LogP contribution is 2.50. The van der Waals surface area contributed by atoms with Crippen LogP contribution in [0, 0.1) is 0 Å². The number of alkyl halides is 6. The number of rotatable bonds is 4. The van der Waals surface area contributed by atoms with Crippen molar-refractivity contribution in [1.29, 1.82) is 0 Å². The summed E-state index contributed by atoms with van der Waals surface area (Å²) < 4.78 is 102. The number of hydrogen-bond donors (Lipinski definition) is 2. The Morgan fingerprint density at radius 1 is 1.03 bits per heavy atom. The molecule has 34 heavy (non-hydrogen) atoms. The fourth-order valence-electron chi connectivity index (χ4n) is 3.80. The number of carbonyl (C=O) groups excluding carboxylic acids is 1. The Bertz CT molecular complexity index is 1170. The number of hydrogen-bond acceptors (Lipinski definition) is 5. The summed E-state index contributed by atoms with van der Waals surface area (Å²) in [5, 5.41) is 9.53. The maximum atomic E-state index is 13.1. The van der Waals surface area contributed by atoms with Gasteiger partial charge in [-0.05, 0) is 41.8 Å². The summed E-state index contributed by atoms with van der Waals surface area (Å²) in [5.74, 6) is -0.853. The van der Waals surface area contributed by atoms with E-state index in [2.05, 4.69) is 0 Å². The predicted molar refractivity (Wildman–Crippen MR) is 112 cm³/mol. The first-order chi connectivity index (χ1) is 15.0. The van der Waals surface area contributed by atoms with Gasteiger partial charge in [0.2, 0.25) is 5.91 Å². The number of aliphatic hydroxyl groups is 1. The monoisotopic (exact) mass is 532 g/mol. The van der Waals surface area contributed by atoms with Gasteiger partial charge in [-0.15, -0.1) is 12.4 Å². The second-order valence-electron chi connectivity index (χ2n) is 7.63. The lowest BCUT2D eigenvalue weighted by atomic mass is 9.90. The van der Waals surface area contributed by atoms with Crippen molar-refractivity contribution in [3.63, 3.8) is 0 Å². The van der Waals surface area contributed by atoms with E-state index in [1.807, 2.05) is 0 Å². The van der Waals surface area contributed by atoms with Gasteiger partial charge in [0.05, 0.1) is 4.90 Å². The van der Waals surface area contributed by atoms with Gasteiger partial charge in [0, 0.05) is 24.1 Å². The number of halogens is 7. The van der Waals surface area contributed by atoms with Crippen LogP contribution in [-0.2, 0) is 26.7 Å². The summed E-state index contributed by atoms with van der Waals surface area (Å²) in [4.78, 5) is 13.6. The molecule has 0 saturated carbocycles. The smallest absolute Gasteiger partial charge is 0.369 e. The molecule has 1 amide bonds. The third kappa shape index (κ3) is 4.68. The summed E-state index contributed by atoms with van der Waals surface area (Å²) in [5.41, 5.74) is -0.0101. The normalized spacial score (nSPS) is 17.1. The van der Waals surface area contributed by atoms with Gasteiger partial charge in [0.25, 0.3) is 5.60 Å². The van der Waals surface area contributed by atoms with Crippen LogP contribution in [0.25, 0.3) is 0 Å². The second kappa shape index (κ2) is 8.93. The van der Waals surface area contributed by atoms with Gasteiger partial charge >= 0.3 is 12.4 Å². The number of nitrogens with two attached hydrogens (primary N) is 1. The molecule has 1 heterocycles. The highest BCUT2D eigenvalue weighted by molar-refractivity contribution is 7.90. The van der Waals surface area contributed by atoms with Crippen LogP contribution in [0.1, 0.15) is 22.7 Å². The summed E-state index contributed by atoms with van der Waals surface area (Å²) in [6.45, 7) is 0.0793. The number of benzene rings is 2. The van der Waals surface area contributed by atoms with Crippen LogP contribution in [-0.4, -0.2) is 44.6 Å². The highest BCUT2D eigenvalue weighted by Gasteiger charge is 2.71. The van der Waals surface area contributed by atoms with Gasteiger partial charge in [-0.2, -0.15) is 26.3 Å². The topological polar surface area (TPSA) is 101 Å². The van der Waals surface area contributed by atoms with Gasteiger partial charge < -0.3 is 15.7 Å². The molecule has 0 radical (unpaired) electrons. The lowest BCUT2D eigenvalue weighted by molar-refractivity contribution is -0.376. The molecular formula is C20H19ClF6N2O4S. The van der Waals surface area contributed by atoms with Crippen molar-refractivity contribution in [1.82, 2.24) is 0 Å². The van der Waals surface area contributed by atoms with E-state index in [1.54, 1.807) is 0 Å². The number of anilines is 1. The maximum absolute atomic E-state index is 13.1. The van der Waals surface area contributed by atoms with Crippen molar-refractivity contribution in [2.45, 2.75) is 35.3 Å². The van der Waals surface area contributed by atoms with E-state index in [9.17, 15) is 44.7 Å². The van der Waals surface area contributed by atoms with Crippen LogP contribution >= 0.6 is 12.4 Å². The molecule has 1 aliphatic rings. The number of nitrogens with zero attached hydrogens (tertiary/aromatic N) is 1. The number of carbonyl (C=O) groups is 1. The zero-order valence-electron chi connectivity index (χ0n) is 17.3. The molecule has 188 valence electrons. The summed E-state index contributed by atoms with van der Waals surface area (Å²) >= 11 is 0. The molecule has 14 heteroatoms. The average molecular weight is 533 g/mol. The summed E-state index contributed by atoms with van der Waals surface area (Å²) in [6.07, 6.45) is -10.8. The Balaban J connectivity index is 0.00000408. The van der Waals surface area contributed by atoms with Crippen molar-refractivity contribution in [2.75, 3.05) is 17.7 Å². The zero-order chi connectivity index (χ0) is 25.0. The SMILES string of the molecule is CS(=O)(=O)c1ccc2c(c1)CCN(c1ccc(C(O)(C(F)(F)F)C(F)(F)F)cc1)C2C(N)=O.Cl. The minimum absolute atomic E-state index is 0. The fraction of sp³-hybridized carbons (Fsp3) is 0.350. The van der Waals surface area contributed by atoms with Crippen LogP contribution in [0.15, 0.2) is 47.4 Å². The molecule has 6 nitrogen and oxygen atoms in total. The standard InChI is InChI=1S/C20H18F6N2O4S.ClH/c1-33(31,32)14-6-7-15-11(10-14)8-9-28(16(15)17(27)29)13-4-2-12(3-5-13)18(30,19(21,22)23)20(24,25)26;/h2-7,10,16,30H,8-9H2,1H3,(H2,27,29);1H. The number of amides is 1. The molecular weight excluding hydrogens is 514 g/mol. The van der Waals surface area contributed by atoms with Crippen molar-refractivity contribution in [3.8, 4) is 0 Å². The minimum atomic E-state index is -6.02. The van der Waals surface area contributed by atoms with Crippen molar-refractivity contribution in [2.24, 2.45) is 5.73 Å². The van der Waals surface area contributed by atoms with E-state index in [1.165, 1.54) is 23.1 Å².